The van der Waals surface area contributed by atoms with Gasteiger partial charge in [0.25, 0.3) is 0 Å². The molecule has 21 heavy (non-hydrogen) atoms. The van der Waals surface area contributed by atoms with Crippen molar-refractivity contribution in [3.05, 3.63) is 16.4 Å². The van der Waals surface area contributed by atoms with Gasteiger partial charge in [-0.25, -0.2) is 0 Å². The van der Waals surface area contributed by atoms with Crippen molar-refractivity contribution in [2.24, 2.45) is 0 Å². The molecule has 1 aromatic rings. The van der Waals surface area contributed by atoms with Crippen LogP contribution in [-0.4, -0.2) is 67.8 Å². The molecule has 7 heteroatoms. The standard InChI is InChI=1S/C14H25BrN4O2/c1-4-18-5-8-21-12(10-18)13(16-2)14-11(15)9-17-19(14)6-7-20-3/h9,12-13,16H,4-8,10H2,1-3H3. The van der Waals surface area contributed by atoms with Crippen LogP contribution < -0.4 is 5.32 Å². The summed E-state index contributed by atoms with van der Waals surface area (Å²) in [5.41, 5.74) is 1.12. The highest BCUT2D eigenvalue weighted by atomic mass is 79.9. The van der Waals surface area contributed by atoms with Gasteiger partial charge in [0.15, 0.2) is 0 Å². The Morgan fingerprint density at radius 3 is 3.10 bits per heavy atom. The zero-order chi connectivity index (χ0) is 15.2. The summed E-state index contributed by atoms with van der Waals surface area (Å²) < 4.78 is 14.2. The van der Waals surface area contributed by atoms with Crippen LogP contribution in [0, 0.1) is 0 Å². The first-order valence-electron chi connectivity index (χ1n) is 7.42. The number of aromatic nitrogens is 2. The number of ether oxygens (including phenoxy) is 2. The van der Waals surface area contributed by atoms with Crippen LogP contribution in [0.25, 0.3) is 0 Å². The summed E-state index contributed by atoms with van der Waals surface area (Å²) in [6.45, 7) is 7.35. The quantitative estimate of drug-likeness (QED) is 0.793. The second kappa shape index (κ2) is 8.24. The first-order chi connectivity index (χ1) is 10.2. The summed E-state index contributed by atoms with van der Waals surface area (Å²) in [5.74, 6) is 0. The van der Waals surface area contributed by atoms with Crippen LogP contribution in [0.2, 0.25) is 0 Å². The molecule has 2 atom stereocenters. The summed E-state index contributed by atoms with van der Waals surface area (Å²) >= 11 is 3.62. The predicted molar refractivity (Wildman–Crippen MR) is 85.5 cm³/mol. The smallest absolute Gasteiger partial charge is 0.0912 e. The zero-order valence-electron chi connectivity index (χ0n) is 13.0. The minimum atomic E-state index is 0.105. The van der Waals surface area contributed by atoms with Crippen molar-refractivity contribution < 1.29 is 9.47 Å². The van der Waals surface area contributed by atoms with Crippen molar-refractivity contribution in [1.29, 1.82) is 0 Å². The summed E-state index contributed by atoms with van der Waals surface area (Å²) in [4.78, 5) is 2.42. The number of nitrogens with zero attached hydrogens (tertiary/aromatic N) is 3. The van der Waals surface area contributed by atoms with Crippen LogP contribution in [0.1, 0.15) is 18.7 Å². The van der Waals surface area contributed by atoms with E-state index in [2.05, 4.69) is 38.2 Å². The van der Waals surface area contributed by atoms with Crippen molar-refractivity contribution in [2.75, 3.05) is 47.0 Å². The molecule has 1 fully saturated rings. The Kier molecular flexibility index (Phi) is 6.63. The molecule has 0 aromatic carbocycles. The van der Waals surface area contributed by atoms with Gasteiger partial charge in [-0.1, -0.05) is 6.92 Å². The molecule has 0 spiro atoms. The molecule has 0 aliphatic carbocycles. The number of hydrogen-bond acceptors (Lipinski definition) is 5. The third-order valence-electron chi connectivity index (χ3n) is 3.94. The lowest BCUT2D eigenvalue weighted by atomic mass is 10.1. The molecule has 120 valence electrons. The first-order valence-corrected chi connectivity index (χ1v) is 8.21. The van der Waals surface area contributed by atoms with Gasteiger partial charge in [-0.3, -0.25) is 9.58 Å². The third-order valence-corrected chi connectivity index (χ3v) is 4.55. The Bertz CT molecular complexity index is 441. The monoisotopic (exact) mass is 360 g/mol. The Morgan fingerprint density at radius 2 is 2.43 bits per heavy atom. The highest BCUT2D eigenvalue weighted by molar-refractivity contribution is 9.10. The zero-order valence-corrected chi connectivity index (χ0v) is 14.6. The molecule has 1 aromatic heterocycles. The predicted octanol–water partition coefficient (Wildman–Crippen LogP) is 1.27. The summed E-state index contributed by atoms with van der Waals surface area (Å²) in [7, 11) is 3.68. The van der Waals surface area contributed by atoms with Crippen molar-refractivity contribution in [2.45, 2.75) is 25.6 Å². The van der Waals surface area contributed by atoms with Gasteiger partial charge < -0.3 is 14.8 Å². The molecule has 1 N–H and O–H groups in total. The molecule has 2 unspecified atom stereocenters. The number of nitrogens with one attached hydrogen (secondary N) is 1. The van der Waals surface area contributed by atoms with Crippen molar-refractivity contribution in [3.63, 3.8) is 0 Å². The largest absolute Gasteiger partial charge is 0.383 e. The van der Waals surface area contributed by atoms with Crippen LogP contribution in [0.4, 0.5) is 0 Å². The van der Waals surface area contributed by atoms with Crippen LogP contribution >= 0.6 is 15.9 Å². The van der Waals surface area contributed by atoms with Gasteiger partial charge in [0.1, 0.15) is 0 Å². The summed E-state index contributed by atoms with van der Waals surface area (Å²) in [6, 6.07) is 0.105. The maximum Gasteiger partial charge on any atom is 0.0912 e. The summed E-state index contributed by atoms with van der Waals surface area (Å²) in [6.07, 6.45) is 1.97. The van der Waals surface area contributed by atoms with Gasteiger partial charge in [0.05, 0.1) is 48.3 Å². The molecule has 0 saturated carbocycles. The summed E-state index contributed by atoms with van der Waals surface area (Å²) in [5, 5.41) is 7.83. The SMILES string of the molecule is CCN1CCOC(C(NC)c2c(Br)cnn2CCOC)C1. The van der Waals surface area contributed by atoms with Gasteiger partial charge in [0.2, 0.25) is 0 Å². The minimum absolute atomic E-state index is 0.105. The number of methoxy groups -OCH3 is 1. The Morgan fingerprint density at radius 1 is 1.62 bits per heavy atom. The van der Waals surface area contributed by atoms with Crippen molar-refractivity contribution in [1.82, 2.24) is 20.0 Å². The molecule has 1 aliphatic heterocycles. The van der Waals surface area contributed by atoms with Crippen molar-refractivity contribution >= 4 is 15.9 Å². The fourth-order valence-electron chi connectivity index (χ4n) is 2.76. The number of likely N-dealkylation sites (N-methyl/N-ethyl adjacent to an activating group) is 2. The van der Waals surface area contributed by atoms with Gasteiger partial charge in [-0.2, -0.15) is 5.10 Å². The molecule has 2 rings (SSSR count). The van der Waals surface area contributed by atoms with E-state index < -0.39 is 0 Å². The van der Waals surface area contributed by atoms with Crippen LogP contribution in [0.5, 0.6) is 0 Å². The van der Waals surface area contributed by atoms with E-state index in [-0.39, 0.29) is 12.1 Å². The fourth-order valence-corrected chi connectivity index (χ4v) is 3.30. The second-order valence-electron chi connectivity index (χ2n) is 5.16. The molecule has 1 saturated heterocycles. The van der Waals surface area contributed by atoms with Crippen LogP contribution in [0.3, 0.4) is 0 Å². The topological polar surface area (TPSA) is 51.5 Å². The number of halogens is 1. The average Bonchev–Trinajstić information content (AvgIpc) is 2.88. The fraction of sp³-hybridized carbons (Fsp3) is 0.786. The number of morpholine rings is 1. The Labute approximate surface area is 134 Å². The highest BCUT2D eigenvalue weighted by Gasteiger charge is 2.31. The van der Waals surface area contributed by atoms with E-state index in [1.807, 2.05) is 17.9 Å². The molecule has 0 radical (unpaired) electrons. The maximum atomic E-state index is 6.00. The maximum absolute atomic E-state index is 6.00. The minimum Gasteiger partial charge on any atom is -0.383 e. The highest BCUT2D eigenvalue weighted by Crippen LogP contribution is 2.28. The van der Waals surface area contributed by atoms with Gasteiger partial charge in [-0.05, 0) is 29.5 Å². The molecule has 0 amide bonds. The van der Waals surface area contributed by atoms with E-state index in [4.69, 9.17) is 9.47 Å². The Hall–Kier alpha value is -0.470. The van der Waals surface area contributed by atoms with Crippen LogP contribution in [-0.2, 0) is 16.0 Å². The van der Waals surface area contributed by atoms with Gasteiger partial charge >= 0.3 is 0 Å². The van der Waals surface area contributed by atoms with E-state index in [9.17, 15) is 0 Å². The van der Waals surface area contributed by atoms with E-state index >= 15 is 0 Å². The first kappa shape index (κ1) is 16.9. The van der Waals surface area contributed by atoms with Gasteiger partial charge in [0, 0.05) is 20.2 Å². The second-order valence-corrected chi connectivity index (χ2v) is 6.02. The Balaban J connectivity index is 2.18. The lowest BCUT2D eigenvalue weighted by Crippen LogP contribution is -2.48. The molecular weight excluding hydrogens is 336 g/mol. The number of hydrogen-bond donors (Lipinski definition) is 1. The van der Waals surface area contributed by atoms with E-state index in [0.717, 1.165) is 43.0 Å². The van der Waals surface area contributed by atoms with E-state index in [1.165, 1.54) is 0 Å². The molecule has 1 aliphatic rings. The van der Waals surface area contributed by atoms with Gasteiger partial charge in [-0.15, -0.1) is 0 Å². The van der Waals surface area contributed by atoms with E-state index in [1.54, 1.807) is 7.11 Å². The molecular formula is C14H25BrN4O2. The van der Waals surface area contributed by atoms with Crippen molar-refractivity contribution in [3.8, 4) is 0 Å². The molecule has 2 heterocycles. The third kappa shape index (κ3) is 4.04. The number of rotatable bonds is 7. The molecule has 6 nitrogen and oxygen atoms in total. The lowest BCUT2D eigenvalue weighted by molar-refractivity contribution is -0.0460. The average molecular weight is 361 g/mol. The normalized spacial score (nSPS) is 21.6. The van der Waals surface area contributed by atoms with E-state index in [0.29, 0.717) is 6.61 Å². The van der Waals surface area contributed by atoms with Crippen LogP contribution in [0.15, 0.2) is 10.7 Å². The molecule has 0 bridgehead atoms. The lowest BCUT2D eigenvalue weighted by Gasteiger charge is -2.36.